The van der Waals surface area contributed by atoms with E-state index in [4.69, 9.17) is 19.7 Å². The number of carbonyl (C=O) groups is 2. The summed E-state index contributed by atoms with van der Waals surface area (Å²) in [4.78, 5) is 23.4. The average molecular weight is 430 g/mol. The molecule has 0 aliphatic heterocycles. The SMILES string of the molecule is O=C(O)c1cc(CCCCOCOCO)cc(C(=O)O)c1CCCCOCOCO. The highest BCUT2D eigenvalue weighted by molar-refractivity contribution is 5.97. The molecular formula is C20H30O10. The zero-order valence-electron chi connectivity index (χ0n) is 16.9. The molecule has 0 bridgehead atoms. The Balaban J connectivity index is 2.69. The smallest absolute Gasteiger partial charge is 0.335 e. The molecule has 0 spiro atoms. The maximum Gasteiger partial charge on any atom is 0.335 e. The standard InChI is InChI=1S/C20H30O10/c21-11-29-13-27-7-3-1-5-15-9-17(19(23)24)16(18(10-15)20(25)26)6-2-4-8-28-14-30-12-22/h9-10,21-22H,1-8,11-14H2,(H,23,24)(H,25,26). The van der Waals surface area contributed by atoms with Gasteiger partial charge in [-0.25, -0.2) is 9.59 Å². The molecule has 10 nitrogen and oxygen atoms in total. The van der Waals surface area contributed by atoms with Crippen LogP contribution in [0.25, 0.3) is 0 Å². The van der Waals surface area contributed by atoms with E-state index in [1.807, 2.05) is 0 Å². The quantitative estimate of drug-likeness (QED) is 0.200. The minimum Gasteiger partial charge on any atom is -0.478 e. The average Bonchev–Trinajstić information content (AvgIpc) is 2.72. The molecule has 4 N–H and O–H groups in total. The van der Waals surface area contributed by atoms with Crippen molar-refractivity contribution in [1.29, 1.82) is 0 Å². The predicted octanol–water partition coefficient (Wildman–Crippen LogP) is 1.61. The number of carboxylic acid groups (broad SMARTS) is 2. The molecular weight excluding hydrogens is 400 g/mol. The van der Waals surface area contributed by atoms with E-state index in [1.54, 1.807) is 0 Å². The first-order valence-corrected chi connectivity index (χ1v) is 9.66. The molecule has 0 amide bonds. The monoisotopic (exact) mass is 430 g/mol. The summed E-state index contributed by atoms with van der Waals surface area (Å²) in [6.45, 7) is -0.104. The fourth-order valence-electron chi connectivity index (χ4n) is 2.88. The van der Waals surface area contributed by atoms with Crippen molar-refractivity contribution >= 4 is 11.9 Å². The highest BCUT2D eigenvalue weighted by Gasteiger charge is 2.20. The van der Waals surface area contributed by atoms with E-state index >= 15 is 0 Å². The van der Waals surface area contributed by atoms with Gasteiger partial charge < -0.3 is 39.4 Å². The molecule has 1 aromatic carbocycles. The topological polar surface area (TPSA) is 152 Å². The molecule has 0 fully saturated rings. The molecule has 0 heterocycles. The van der Waals surface area contributed by atoms with Gasteiger partial charge in [-0.2, -0.15) is 0 Å². The third-order valence-electron chi connectivity index (χ3n) is 4.26. The Morgan fingerprint density at radius 2 is 1.17 bits per heavy atom. The molecule has 1 aromatic rings. The first-order chi connectivity index (χ1) is 14.5. The number of aliphatic hydroxyl groups excluding tert-OH is 2. The first kappa shape index (κ1) is 26.0. The van der Waals surface area contributed by atoms with E-state index in [9.17, 15) is 19.8 Å². The second-order valence-electron chi connectivity index (χ2n) is 6.41. The Labute approximate surface area is 174 Å². The summed E-state index contributed by atoms with van der Waals surface area (Å²) in [5, 5.41) is 36.1. The van der Waals surface area contributed by atoms with Crippen LogP contribution < -0.4 is 0 Å². The van der Waals surface area contributed by atoms with Crippen molar-refractivity contribution in [1.82, 2.24) is 0 Å². The molecule has 1 rings (SSSR count). The number of aromatic carboxylic acids is 2. The summed E-state index contributed by atoms with van der Waals surface area (Å²) < 4.78 is 19.5. The molecule has 0 radical (unpaired) electrons. The molecule has 0 atom stereocenters. The van der Waals surface area contributed by atoms with Crippen LogP contribution in [0.15, 0.2) is 12.1 Å². The van der Waals surface area contributed by atoms with Gasteiger partial charge in [0.2, 0.25) is 0 Å². The fourth-order valence-corrected chi connectivity index (χ4v) is 2.88. The third-order valence-corrected chi connectivity index (χ3v) is 4.26. The summed E-state index contributed by atoms with van der Waals surface area (Å²) in [6, 6.07) is 3.07. The van der Waals surface area contributed by atoms with Crippen molar-refractivity contribution in [3.05, 3.63) is 34.4 Å². The Morgan fingerprint density at radius 1 is 0.700 bits per heavy atom. The third kappa shape index (κ3) is 10.1. The minimum atomic E-state index is -1.16. The van der Waals surface area contributed by atoms with Gasteiger partial charge in [0.15, 0.2) is 0 Å². The van der Waals surface area contributed by atoms with Crippen molar-refractivity contribution in [2.75, 3.05) is 40.4 Å². The van der Waals surface area contributed by atoms with Crippen LogP contribution in [0.4, 0.5) is 0 Å². The van der Waals surface area contributed by atoms with Crippen molar-refractivity contribution in [3.8, 4) is 0 Å². The van der Waals surface area contributed by atoms with E-state index in [1.165, 1.54) is 12.1 Å². The Morgan fingerprint density at radius 3 is 1.60 bits per heavy atom. The van der Waals surface area contributed by atoms with Crippen LogP contribution in [0, 0.1) is 0 Å². The number of carboxylic acids is 2. The van der Waals surface area contributed by atoms with Gasteiger partial charge in [0.05, 0.1) is 11.1 Å². The lowest BCUT2D eigenvalue weighted by molar-refractivity contribution is -0.108. The first-order valence-electron chi connectivity index (χ1n) is 9.66. The zero-order valence-corrected chi connectivity index (χ0v) is 16.9. The van der Waals surface area contributed by atoms with Gasteiger partial charge in [-0.15, -0.1) is 0 Å². The molecule has 170 valence electrons. The van der Waals surface area contributed by atoms with Gasteiger partial charge in [-0.3, -0.25) is 0 Å². The molecule has 10 heteroatoms. The van der Waals surface area contributed by atoms with Gasteiger partial charge in [0.1, 0.15) is 27.2 Å². The Hall–Kier alpha value is -2.08. The summed E-state index contributed by atoms with van der Waals surface area (Å²) in [7, 11) is 0. The molecule has 30 heavy (non-hydrogen) atoms. The lowest BCUT2D eigenvalue weighted by Crippen LogP contribution is -2.12. The molecule has 0 unspecified atom stereocenters. The molecule has 0 aliphatic carbocycles. The largest absolute Gasteiger partial charge is 0.478 e. The van der Waals surface area contributed by atoms with Crippen molar-refractivity contribution < 1.29 is 49.0 Å². The number of benzene rings is 1. The fraction of sp³-hybridized carbons (Fsp3) is 0.600. The maximum absolute atomic E-state index is 11.7. The second kappa shape index (κ2) is 15.7. The summed E-state index contributed by atoms with van der Waals surface area (Å²) >= 11 is 0. The van der Waals surface area contributed by atoms with Gasteiger partial charge in [-0.1, -0.05) is 0 Å². The number of hydrogen-bond acceptors (Lipinski definition) is 8. The van der Waals surface area contributed by atoms with Gasteiger partial charge in [0, 0.05) is 13.2 Å². The molecule has 0 aromatic heterocycles. The van der Waals surface area contributed by atoms with Crippen LogP contribution in [0.3, 0.4) is 0 Å². The maximum atomic E-state index is 11.7. The van der Waals surface area contributed by atoms with Crippen LogP contribution in [0.1, 0.15) is 57.5 Å². The number of hydrogen-bond donors (Lipinski definition) is 4. The lowest BCUT2D eigenvalue weighted by atomic mass is 9.92. The number of ether oxygens (including phenoxy) is 4. The minimum absolute atomic E-state index is 0.00188. The number of rotatable bonds is 18. The lowest BCUT2D eigenvalue weighted by Gasteiger charge is -2.13. The van der Waals surface area contributed by atoms with E-state index < -0.39 is 25.5 Å². The van der Waals surface area contributed by atoms with E-state index in [0.29, 0.717) is 62.9 Å². The second-order valence-corrected chi connectivity index (χ2v) is 6.41. The summed E-state index contributed by atoms with van der Waals surface area (Å²) in [5.41, 5.74) is 0.948. The van der Waals surface area contributed by atoms with Crippen molar-refractivity contribution in [2.24, 2.45) is 0 Å². The van der Waals surface area contributed by atoms with Crippen LogP contribution in [0.5, 0.6) is 0 Å². The molecule has 0 saturated carbocycles. The van der Waals surface area contributed by atoms with Gasteiger partial charge in [0.25, 0.3) is 0 Å². The van der Waals surface area contributed by atoms with Crippen LogP contribution in [-0.2, 0) is 31.8 Å². The van der Waals surface area contributed by atoms with Crippen molar-refractivity contribution in [3.63, 3.8) is 0 Å². The predicted molar refractivity (Wildman–Crippen MR) is 104 cm³/mol. The highest BCUT2D eigenvalue weighted by atomic mass is 16.7. The number of unbranched alkanes of at least 4 members (excludes halogenated alkanes) is 2. The molecule has 0 saturated heterocycles. The van der Waals surface area contributed by atoms with Crippen molar-refractivity contribution in [2.45, 2.75) is 38.5 Å². The number of aryl methyl sites for hydroxylation is 1. The van der Waals surface area contributed by atoms with Gasteiger partial charge in [-0.05, 0) is 61.8 Å². The van der Waals surface area contributed by atoms with Gasteiger partial charge >= 0.3 is 11.9 Å². The zero-order chi connectivity index (χ0) is 22.2. The van der Waals surface area contributed by atoms with Crippen LogP contribution in [-0.4, -0.2) is 72.8 Å². The molecule has 0 aliphatic rings. The van der Waals surface area contributed by atoms with E-state index in [2.05, 4.69) is 9.47 Å². The number of aliphatic hydroxyl groups is 2. The van der Waals surface area contributed by atoms with E-state index in [-0.39, 0.29) is 24.7 Å². The Bertz CT molecular complexity index is 611. The summed E-state index contributed by atoms with van der Waals surface area (Å²) in [5.74, 6) is -2.32. The summed E-state index contributed by atoms with van der Waals surface area (Å²) in [6.07, 6.45) is 3.32. The van der Waals surface area contributed by atoms with Crippen LogP contribution in [0.2, 0.25) is 0 Å². The van der Waals surface area contributed by atoms with E-state index in [0.717, 1.165) is 0 Å². The van der Waals surface area contributed by atoms with Crippen LogP contribution >= 0.6 is 0 Å². The normalized spacial score (nSPS) is 11.0. The highest BCUT2D eigenvalue weighted by Crippen LogP contribution is 2.22. The Kier molecular flexibility index (Phi) is 13.6.